The molecule has 2 aromatic rings. The van der Waals surface area contributed by atoms with Gasteiger partial charge in [-0.05, 0) is 32.6 Å². The van der Waals surface area contributed by atoms with E-state index in [9.17, 15) is 14.4 Å². The number of nitrogens with one attached hydrogen (secondary N) is 1. The van der Waals surface area contributed by atoms with Crippen molar-refractivity contribution in [1.29, 1.82) is 0 Å². The lowest BCUT2D eigenvalue weighted by Crippen LogP contribution is -2.31. The lowest BCUT2D eigenvalue weighted by molar-refractivity contribution is -0.140. The van der Waals surface area contributed by atoms with Gasteiger partial charge in [-0.3, -0.25) is 19.1 Å². The molecule has 0 bridgehead atoms. The Morgan fingerprint density at radius 3 is 2.54 bits per heavy atom. The Morgan fingerprint density at radius 1 is 1.15 bits per heavy atom. The molecular weight excluding hydrogens is 356 g/mol. The molecule has 3 fully saturated rings. The monoisotopic (exact) mass is 374 g/mol. The number of thioether (sulfide) groups is 1. The molecule has 3 aliphatic rings. The number of nitrogens with zero attached hydrogens (tertiary/aromatic N) is 3. The van der Waals surface area contributed by atoms with Crippen molar-refractivity contribution in [2.24, 2.45) is 0 Å². The van der Waals surface area contributed by atoms with Gasteiger partial charge in [-0.25, -0.2) is 14.8 Å². The van der Waals surface area contributed by atoms with E-state index in [0.29, 0.717) is 28.3 Å². The molecular formula is C17H18N4O4S. The summed E-state index contributed by atoms with van der Waals surface area (Å²) in [5.74, 6) is 0.656. The molecule has 136 valence electrons. The van der Waals surface area contributed by atoms with Gasteiger partial charge in [0, 0.05) is 18.4 Å². The number of fused-ring (bicyclic) bond motifs is 1. The van der Waals surface area contributed by atoms with Gasteiger partial charge in [0.2, 0.25) is 0 Å². The summed E-state index contributed by atoms with van der Waals surface area (Å²) in [6.45, 7) is 1.85. The van der Waals surface area contributed by atoms with Crippen LogP contribution in [0.4, 0.5) is 0 Å². The van der Waals surface area contributed by atoms with E-state index in [-0.39, 0.29) is 24.0 Å². The first-order valence-electron chi connectivity index (χ1n) is 8.95. The maximum absolute atomic E-state index is 12.6. The number of aromatic nitrogens is 4. The van der Waals surface area contributed by atoms with E-state index in [1.165, 1.54) is 11.8 Å². The fourth-order valence-electron chi connectivity index (χ4n) is 3.37. The number of carbonyl (C=O) groups is 1. The van der Waals surface area contributed by atoms with Crippen molar-refractivity contribution >= 4 is 28.8 Å². The topological polar surface area (TPSA) is 107 Å². The predicted molar refractivity (Wildman–Crippen MR) is 94.5 cm³/mol. The second-order valence-electron chi connectivity index (χ2n) is 7.31. The summed E-state index contributed by atoms with van der Waals surface area (Å²) < 4.78 is 6.81. The van der Waals surface area contributed by atoms with Crippen LogP contribution in [0.2, 0.25) is 0 Å². The van der Waals surface area contributed by atoms with Gasteiger partial charge in [0.25, 0.3) is 5.56 Å². The van der Waals surface area contributed by atoms with Crippen molar-refractivity contribution < 1.29 is 9.53 Å². The summed E-state index contributed by atoms with van der Waals surface area (Å²) in [4.78, 5) is 48.5. The minimum Gasteiger partial charge on any atom is -0.462 e. The number of hydrogen-bond donors (Lipinski definition) is 1. The molecule has 2 saturated carbocycles. The lowest BCUT2D eigenvalue weighted by Gasteiger charge is -2.13. The molecule has 0 aromatic carbocycles. The molecule has 2 aliphatic carbocycles. The van der Waals surface area contributed by atoms with Crippen LogP contribution in [0.5, 0.6) is 0 Å². The highest BCUT2D eigenvalue weighted by Crippen LogP contribution is 2.42. The van der Waals surface area contributed by atoms with E-state index < -0.39 is 16.5 Å². The molecule has 9 heteroatoms. The molecule has 0 radical (unpaired) electrons. The molecule has 1 aliphatic heterocycles. The van der Waals surface area contributed by atoms with Crippen LogP contribution in [0.3, 0.4) is 0 Å². The van der Waals surface area contributed by atoms with Gasteiger partial charge >= 0.3 is 11.7 Å². The van der Waals surface area contributed by atoms with E-state index in [0.717, 1.165) is 25.7 Å². The molecule has 5 rings (SSSR count). The summed E-state index contributed by atoms with van der Waals surface area (Å²) in [5.41, 5.74) is -0.512. The number of rotatable bonds is 4. The van der Waals surface area contributed by atoms with Gasteiger partial charge in [-0.2, -0.15) is 0 Å². The van der Waals surface area contributed by atoms with E-state index in [4.69, 9.17) is 4.74 Å². The minimum atomic E-state index is -0.494. The maximum atomic E-state index is 12.6. The second-order valence-corrected chi connectivity index (χ2v) is 8.50. The fourth-order valence-corrected chi connectivity index (χ4v) is 4.60. The zero-order valence-corrected chi connectivity index (χ0v) is 15.0. The largest absolute Gasteiger partial charge is 0.462 e. The molecule has 0 spiro atoms. The van der Waals surface area contributed by atoms with Crippen LogP contribution in [0.1, 0.15) is 56.8 Å². The molecule has 2 atom stereocenters. The van der Waals surface area contributed by atoms with Crippen LogP contribution in [0.15, 0.2) is 14.6 Å². The van der Waals surface area contributed by atoms with Gasteiger partial charge in [0.05, 0.1) is 0 Å². The summed E-state index contributed by atoms with van der Waals surface area (Å²) in [6.07, 6.45) is 4.26. The molecule has 0 amide bonds. The number of ether oxygens (including phenoxy) is 1. The molecule has 26 heavy (non-hydrogen) atoms. The van der Waals surface area contributed by atoms with E-state index in [1.54, 1.807) is 4.57 Å². The lowest BCUT2D eigenvalue weighted by atomic mass is 10.3. The third kappa shape index (κ3) is 2.65. The summed E-state index contributed by atoms with van der Waals surface area (Å²) in [5, 5.41) is 0.387. The Bertz CT molecular complexity index is 1040. The molecule has 0 unspecified atom stereocenters. The van der Waals surface area contributed by atoms with Crippen LogP contribution in [0.25, 0.3) is 11.0 Å². The standard InChI is InChI=1S/C17H18N4O4S/c1-7-6-10(16(23)25-7)26-15-11-13(18-12(19-15)8-2-3-8)21(9-4-5-9)17(24)20-14(11)22/h7-10H,2-6H2,1H3,(H,20,22,24)/t7-,10+/m0/s1. The van der Waals surface area contributed by atoms with Gasteiger partial charge < -0.3 is 4.74 Å². The average molecular weight is 374 g/mol. The molecule has 3 heterocycles. The average Bonchev–Trinajstić information content (AvgIpc) is 3.47. The maximum Gasteiger partial charge on any atom is 0.330 e. The number of cyclic esters (lactones) is 1. The Kier molecular flexibility index (Phi) is 3.50. The molecule has 2 aromatic heterocycles. The zero-order chi connectivity index (χ0) is 18.0. The van der Waals surface area contributed by atoms with Crippen molar-refractivity contribution in [1.82, 2.24) is 19.5 Å². The number of esters is 1. The van der Waals surface area contributed by atoms with Crippen molar-refractivity contribution in [3.8, 4) is 0 Å². The van der Waals surface area contributed by atoms with Gasteiger partial charge in [-0.1, -0.05) is 11.8 Å². The fraction of sp³-hybridized carbons (Fsp3) is 0.588. The highest BCUT2D eigenvalue weighted by atomic mass is 32.2. The van der Waals surface area contributed by atoms with Crippen LogP contribution in [-0.4, -0.2) is 36.8 Å². The zero-order valence-electron chi connectivity index (χ0n) is 14.2. The van der Waals surface area contributed by atoms with Crippen LogP contribution in [0, 0.1) is 0 Å². The van der Waals surface area contributed by atoms with E-state index in [2.05, 4.69) is 15.0 Å². The third-order valence-corrected chi connectivity index (χ3v) is 6.19. The molecule has 1 saturated heterocycles. The van der Waals surface area contributed by atoms with Crippen molar-refractivity contribution in [3.63, 3.8) is 0 Å². The molecule has 1 N–H and O–H groups in total. The minimum absolute atomic E-state index is 0.0816. The van der Waals surface area contributed by atoms with Crippen LogP contribution in [-0.2, 0) is 9.53 Å². The number of aromatic amines is 1. The smallest absolute Gasteiger partial charge is 0.330 e. The van der Waals surface area contributed by atoms with Crippen molar-refractivity contribution in [3.05, 3.63) is 26.7 Å². The van der Waals surface area contributed by atoms with Crippen LogP contribution >= 0.6 is 11.8 Å². The van der Waals surface area contributed by atoms with E-state index in [1.807, 2.05) is 6.92 Å². The van der Waals surface area contributed by atoms with Gasteiger partial charge in [0.15, 0.2) is 5.65 Å². The Balaban J connectivity index is 1.71. The summed E-state index contributed by atoms with van der Waals surface area (Å²) >= 11 is 1.25. The van der Waals surface area contributed by atoms with Crippen molar-refractivity contribution in [2.45, 2.75) is 67.4 Å². The normalized spacial score (nSPS) is 25.7. The third-order valence-electron chi connectivity index (χ3n) is 5.00. The highest BCUT2D eigenvalue weighted by Gasteiger charge is 2.36. The Morgan fingerprint density at radius 2 is 1.92 bits per heavy atom. The van der Waals surface area contributed by atoms with E-state index >= 15 is 0 Å². The van der Waals surface area contributed by atoms with Gasteiger partial charge in [0.1, 0.15) is 27.6 Å². The Labute approximate surface area is 152 Å². The summed E-state index contributed by atoms with van der Waals surface area (Å²) in [6, 6.07) is 0.0816. The Hall–Kier alpha value is -2.16. The first-order chi connectivity index (χ1) is 12.5. The number of carbonyl (C=O) groups excluding carboxylic acids is 1. The van der Waals surface area contributed by atoms with Gasteiger partial charge in [-0.15, -0.1) is 0 Å². The highest BCUT2D eigenvalue weighted by molar-refractivity contribution is 8.00. The quantitative estimate of drug-likeness (QED) is 0.638. The van der Waals surface area contributed by atoms with Crippen molar-refractivity contribution in [2.75, 3.05) is 0 Å². The first kappa shape index (κ1) is 16.0. The number of hydrogen-bond acceptors (Lipinski definition) is 7. The predicted octanol–water partition coefficient (Wildman–Crippen LogP) is 1.49. The first-order valence-corrected chi connectivity index (χ1v) is 9.83. The summed E-state index contributed by atoms with van der Waals surface area (Å²) in [7, 11) is 0. The SMILES string of the molecule is C[C@H]1C[C@@H](Sc2nc(C3CC3)nc3c2c(=O)[nH]c(=O)n3C2CC2)C(=O)O1. The number of H-pyrrole nitrogens is 1. The molecule has 8 nitrogen and oxygen atoms in total. The van der Waals surface area contributed by atoms with Crippen LogP contribution < -0.4 is 11.2 Å². The second kappa shape index (κ2) is 5.67.